The Morgan fingerprint density at radius 3 is 1.11 bits per heavy atom. The van der Waals surface area contributed by atoms with Gasteiger partial charge in [0.25, 0.3) is 0 Å². The summed E-state index contributed by atoms with van der Waals surface area (Å²) in [7, 11) is 0. The SMILES string of the molecule is OC(CN1c2cccc(-c3cccc(OC(F)(F)F)c3)c2CCC1c1cccc(C(F)(F)F)c1)C(F)(F)F.OC(CN1c2cccc(-c3cccc(OC(F)(F)F)c3)c2CCC1c1cccc(C(F)(F)F)c1)C(F)(F)F. The number of alkyl halides is 18. The lowest BCUT2D eigenvalue weighted by Crippen LogP contribution is -2.44. The molecule has 0 amide bonds. The van der Waals surface area contributed by atoms with E-state index in [0.717, 1.165) is 60.7 Å². The van der Waals surface area contributed by atoms with Crippen molar-refractivity contribution in [2.75, 3.05) is 22.9 Å². The second kappa shape index (κ2) is 21.7. The van der Waals surface area contributed by atoms with E-state index in [1.807, 2.05) is 0 Å². The Morgan fingerprint density at radius 2 is 0.776 bits per heavy atom. The number of halogens is 18. The van der Waals surface area contributed by atoms with E-state index in [9.17, 15) is 89.2 Å². The van der Waals surface area contributed by atoms with E-state index in [1.54, 1.807) is 12.1 Å². The molecule has 6 aromatic carbocycles. The summed E-state index contributed by atoms with van der Waals surface area (Å²) < 4.78 is 244. The van der Waals surface area contributed by atoms with Crippen LogP contribution in [0.15, 0.2) is 133 Å². The summed E-state index contributed by atoms with van der Waals surface area (Å²) in [5, 5.41) is 19.7. The minimum Gasteiger partial charge on any atom is -0.406 e. The topological polar surface area (TPSA) is 65.4 Å². The van der Waals surface area contributed by atoms with Gasteiger partial charge in [-0.15, -0.1) is 26.3 Å². The van der Waals surface area contributed by atoms with E-state index in [4.69, 9.17) is 0 Å². The van der Waals surface area contributed by atoms with Gasteiger partial charge in [-0.3, -0.25) is 0 Å². The van der Waals surface area contributed by atoms with E-state index in [1.165, 1.54) is 70.5 Å². The summed E-state index contributed by atoms with van der Waals surface area (Å²) in [6.07, 6.45) is -34.2. The highest BCUT2D eigenvalue weighted by Gasteiger charge is 2.44. The molecule has 8 rings (SSSR count). The molecule has 4 unspecified atom stereocenters. The second-order valence-corrected chi connectivity index (χ2v) is 17.5. The molecule has 0 aromatic heterocycles. The standard InChI is InChI=1S/2C26H20F9NO2/c2*27-24(28,29)17-6-1-5-16(12-17)21-11-10-20-19(15-4-2-7-18(13-15)38-26(33,34)35)8-3-9-22(20)36(21)14-23(37)25(30,31)32/h2*1-9,12-13,21,23,37H,10-11,14H2. The molecule has 2 heterocycles. The average Bonchev–Trinajstić information content (AvgIpc) is 3.34. The van der Waals surface area contributed by atoms with Crippen molar-refractivity contribution in [1.29, 1.82) is 0 Å². The maximum Gasteiger partial charge on any atom is 0.573 e. The Hall–Kier alpha value is -6.82. The van der Waals surface area contributed by atoms with Gasteiger partial charge in [0, 0.05) is 11.4 Å². The van der Waals surface area contributed by atoms with Crippen molar-refractivity contribution in [3.05, 3.63) is 167 Å². The molecular formula is C52H40F18N2O4. The largest absolute Gasteiger partial charge is 0.573 e. The number of aliphatic hydroxyl groups excluding tert-OH is 2. The Balaban J connectivity index is 0.000000221. The highest BCUT2D eigenvalue weighted by atomic mass is 19.4. The molecule has 408 valence electrons. The quantitative estimate of drug-likeness (QED) is 0.133. The van der Waals surface area contributed by atoms with E-state index >= 15 is 0 Å². The van der Waals surface area contributed by atoms with Crippen LogP contribution in [0, 0.1) is 0 Å². The van der Waals surface area contributed by atoms with E-state index in [-0.39, 0.29) is 48.2 Å². The highest BCUT2D eigenvalue weighted by Crippen LogP contribution is 2.47. The Morgan fingerprint density at radius 1 is 0.434 bits per heavy atom. The minimum atomic E-state index is -4.99. The molecule has 0 saturated heterocycles. The maximum absolute atomic E-state index is 13.3. The molecule has 0 spiro atoms. The van der Waals surface area contributed by atoms with Crippen LogP contribution in [0.2, 0.25) is 0 Å². The first-order valence-electron chi connectivity index (χ1n) is 22.6. The molecule has 6 nitrogen and oxygen atoms in total. The maximum atomic E-state index is 13.3. The number of nitrogens with zero attached hydrogens (tertiary/aromatic N) is 2. The van der Waals surface area contributed by atoms with Crippen molar-refractivity contribution in [2.45, 2.75) is 87.4 Å². The smallest absolute Gasteiger partial charge is 0.406 e. The van der Waals surface area contributed by atoms with Crippen LogP contribution in [-0.2, 0) is 25.2 Å². The summed E-state index contributed by atoms with van der Waals surface area (Å²) in [4.78, 5) is 2.40. The molecule has 2 aliphatic rings. The molecular weight excluding hydrogens is 1060 g/mol. The molecule has 76 heavy (non-hydrogen) atoms. The van der Waals surface area contributed by atoms with Gasteiger partial charge < -0.3 is 29.5 Å². The van der Waals surface area contributed by atoms with Crippen LogP contribution >= 0.6 is 0 Å². The lowest BCUT2D eigenvalue weighted by molar-refractivity contribution is -0.275. The van der Waals surface area contributed by atoms with Gasteiger partial charge in [0.1, 0.15) is 11.5 Å². The van der Waals surface area contributed by atoms with Gasteiger partial charge in [-0.05, 0) is 131 Å². The van der Waals surface area contributed by atoms with Crippen LogP contribution in [0.1, 0.15) is 58.3 Å². The molecule has 2 N–H and O–H groups in total. The molecule has 24 heteroatoms. The van der Waals surface area contributed by atoms with Crippen molar-refractivity contribution in [3.8, 4) is 33.8 Å². The molecule has 0 radical (unpaired) electrons. The summed E-state index contributed by atoms with van der Waals surface area (Å²) >= 11 is 0. The lowest BCUT2D eigenvalue weighted by atomic mass is 9.86. The number of β-amino-alcohol motifs (C(OH)–C–C–N with tert-alkyl or cyclic N) is 2. The third kappa shape index (κ3) is 14.0. The fourth-order valence-electron chi connectivity index (χ4n) is 9.25. The molecule has 4 atom stereocenters. The predicted molar refractivity (Wildman–Crippen MR) is 241 cm³/mol. The summed E-state index contributed by atoms with van der Waals surface area (Å²) in [6, 6.07) is 25.8. The highest BCUT2D eigenvalue weighted by molar-refractivity contribution is 5.78. The third-order valence-electron chi connectivity index (χ3n) is 12.5. The van der Waals surface area contributed by atoms with Crippen molar-refractivity contribution >= 4 is 11.4 Å². The predicted octanol–water partition coefficient (Wildman–Crippen LogP) is 15.4. The van der Waals surface area contributed by atoms with Crippen LogP contribution in [0.25, 0.3) is 22.3 Å². The van der Waals surface area contributed by atoms with Crippen molar-refractivity contribution in [2.24, 2.45) is 0 Å². The second-order valence-electron chi connectivity index (χ2n) is 17.5. The average molecular weight is 1100 g/mol. The van der Waals surface area contributed by atoms with Gasteiger partial charge in [0.2, 0.25) is 0 Å². The normalized spacial score (nSPS) is 17.2. The van der Waals surface area contributed by atoms with E-state index in [2.05, 4.69) is 9.47 Å². The van der Waals surface area contributed by atoms with Crippen molar-refractivity contribution in [3.63, 3.8) is 0 Å². The number of benzene rings is 6. The Bertz CT molecular complexity index is 2770. The van der Waals surface area contributed by atoms with Gasteiger partial charge in [-0.1, -0.05) is 72.8 Å². The number of fused-ring (bicyclic) bond motifs is 2. The van der Waals surface area contributed by atoms with Crippen LogP contribution in [0.3, 0.4) is 0 Å². The first-order chi connectivity index (χ1) is 35.3. The molecule has 0 aliphatic carbocycles. The molecule has 2 aliphatic heterocycles. The first kappa shape index (κ1) is 56.9. The van der Waals surface area contributed by atoms with Crippen molar-refractivity contribution < 1.29 is 98.7 Å². The fourth-order valence-corrected chi connectivity index (χ4v) is 9.25. The lowest BCUT2D eigenvalue weighted by Gasteiger charge is -2.41. The fraction of sp³-hybridized carbons (Fsp3) is 0.308. The number of anilines is 2. The first-order valence-corrected chi connectivity index (χ1v) is 22.6. The minimum absolute atomic E-state index is 0.0919. The van der Waals surface area contributed by atoms with Crippen LogP contribution in [0.5, 0.6) is 11.5 Å². The molecule has 0 bridgehead atoms. The molecule has 0 saturated carbocycles. The number of ether oxygens (including phenoxy) is 2. The Labute approximate surface area is 420 Å². The molecule has 6 aromatic rings. The van der Waals surface area contributed by atoms with Gasteiger partial charge in [0.15, 0.2) is 12.2 Å². The monoisotopic (exact) mass is 1100 g/mol. The zero-order valence-corrected chi connectivity index (χ0v) is 38.7. The number of hydrogen-bond donors (Lipinski definition) is 2. The van der Waals surface area contributed by atoms with Gasteiger partial charge in [-0.2, -0.15) is 52.7 Å². The molecule has 0 fully saturated rings. The van der Waals surface area contributed by atoms with Crippen LogP contribution < -0.4 is 19.3 Å². The summed E-state index contributed by atoms with van der Waals surface area (Å²) in [5.41, 5.74) is 1.16. The zero-order valence-electron chi connectivity index (χ0n) is 38.7. The Kier molecular flexibility index (Phi) is 16.2. The van der Waals surface area contributed by atoms with Gasteiger partial charge >= 0.3 is 37.4 Å². The van der Waals surface area contributed by atoms with Gasteiger partial charge in [-0.25, -0.2) is 0 Å². The van der Waals surface area contributed by atoms with E-state index < -0.39 is 97.4 Å². The third-order valence-corrected chi connectivity index (χ3v) is 12.5. The summed E-state index contributed by atoms with van der Waals surface area (Å²) in [5.74, 6) is -0.982. The van der Waals surface area contributed by atoms with Crippen LogP contribution in [0.4, 0.5) is 90.4 Å². The zero-order chi connectivity index (χ0) is 55.8. The number of aliphatic hydroxyl groups is 2. The number of rotatable bonds is 10. The summed E-state index contributed by atoms with van der Waals surface area (Å²) in [6.45, 7) is -1.92. The number of hydrogen-bond acceptors (Lipinski definition) is 6. The van der Waals surface area contributed by atoms with Crippen molar-refractivity contribution in [1.82, 2.24) is 0 Å². The van der Waals surface area contributed by atoms with E-state index in [0.29, 0.717) is 33.4 Å². The van der Waals surface area contributed by atoms with Crippen LogP contribution in [-0.4, -0.2) is 60.6 Å². The van der Waals surface area contributed by atoms with Gasteiger partial charge in [0.05, 0.1) is 36.3 Å².